The molecule has 0 aromatic heterocycles. The first-order chi connectivity index (χ1) is 11.6. The van der Waals surface area contributed by atoms with Crippen molar-refractivity contribution in [2.45, 2.75) is 38.6 Å². The van der Waals surface area contributed by atoms with Gasteiger partial charge in [-0.3, -0.25) is 9.59 Å². The molecule has 1 aromatic carbocycles. The van der Waals surface area contributed by atoms with Crippen LogP contribution in [0, 0.1) is 0 Å². The molecule has 6 nitrogen and oxygen atoms in total. The molecule has 1 aromatic rings. The monoisotopic (exact) mass is 334 g/mol. The van der Waals surface area contributed by atoms with E-state index in [0.29, 0.717) is 18.9 Å². The second-order valence-electron chi connectivity index (χ2n) is 6.01. The highest BCUT2D eigenvalue weighted by Gasteiger charge is 2.19. The molecule has 1 saturated carbocycles. The Kier molecular flexibility index (Phi) is 6.90. The van der Waals surface area contributed by atoms with Gasteiger partial charge in [0.25, 0.3) is 0 Å². The molecule has 0 unspecified atom stereocenters. The lowest BCUT2D eigenvalue weighted by Gasteiger charge is -2.22. The minimum Gasteiger partial charge on any atom is -0.497 e. The van der Waals surface area contributed by atoms with E-state index in [0.717, 1.165) is 31.4 Å². The van der Waals surface area contributed by atoms with Crippen LogP contribution in [0.25, 0.3) is 0 Å². The van der Waals surface area contributed by atoms with Crippen molar-refractivity contribution < 1.29 is 19.1 Å². The maximum Gasteiger partial charge on any atom is 0.239 e. The van der Waals surface area contributed by atoms with Crippen molar-refractivity contribution >= 4 is 11.8 Å². The number of carbonyl (C=O) groups is 2. The summed E-state index contributed by atoms with van der Waals surface area (Å²) in [6.07, 6.45) is 4.40. The van der Waals surface area contributed by atoms with Gasteiger partial charge in [0.15, 0.2) is 0 Å². The maximum absolute atomic E-state index is 12.1. The predicted octanol–water partition coefficient (Wildman–Crippen LogP) is 1.98. The summed E-state index contributed by atoms with van der Waals surface area (Å²) in [7, 11) is 1.61. The Labute approximate surface area is 143 Å². The average Bonchev–Trinajstić information content (AvgIpc) is 3.07. The molecular weight excluding hydrogens is 308 g/mol. The van der Waals surface area contributed by atoms with E-state index in [4.69, 9.17) is 9.47 Å². The van der Waals surface area contributed by atoms with E-state index in [-0.39, 0.29) is 24.4 Å². The van der Waals surface area contributed by atoms with Crippen molar-refractivity contribution in [1.29, 1.82) is 0 Å². The molecule has 24 heavy (non-hydrogen) atoms. The van der Waals surface area contributed by atoms with Crippen LogP contribution in [0.15, 0.2) is 24.3 Å². The van der Waals surface area contributed by atoms with Crippen LogP contribution in [0.1, 0.15) is 32.6 Å². The van der Waals surface area contributed by atoms with Crippen LogP contribution in [0.5, 0.6) is 11.5 Å². The fourth-order valence-corrected chi connectivity index (χ4v) is 2.81. The SMILES string of the molecule is COc1ccc(OCCN(CC(=O)NC2CCCC2)C(C)=O)cc1. The summed E-state index contributed by atoms with van der Waals surface area (Å²) in [5.74, 6) is 1.24. The van der Waals surface area contributed by atoms with Crippen LogP contribution in [0.4, 0.5) is 0 Å². The summed E-state index contributed by atoms with van der Waals surface area (Å²) in [4.78, 5) is 25.3. The minimum absolute atomic E-state index is 0.0812. The van der Waals surface area contributed by atoms with E-state index in [1.54, 1.807) is 7.11 Å². The molecule has 1 aliphatic rings. The van der Waals surface area contributed by atoms with Gasteiger partial charge in [0.1, 0.15) is 18.1 Å². The highest BCUT2D eigenvalue weighted by molar-refractivity contribution is 5.83. The van der Waals surface area contributed by atoms with E-state index in [1.165, 1.54) is 11.8 Å². The lowest BCUT2D eigenvalue weighted by Crippen LogP contribution is -2.44. The minimum atomic E-state index is -0.130. The molecule has 0 radical (unpaired) electrons. The fourth-order valence-electron chi connectivity index (χ4n) is 2.81. The Balaban J connectivity index is 1.75. The van der Waals surface area contributed by atoms with Gasteiger partial charge in [0, 0.05) is 13.0 Å². The zero-order valence-electron chi connectivity index (χ0n) is 14.4. The van der Waals surface area contributed by atoms with Crippen LogP contribution >= 0.6 is 0 Å². The number of hydrogen-bond acceptors (Lipinski definition) is 4. The van der Waals surface area contributed by atoms with Crippen LogP contribution < -0.4 is 14.8 Å². The first-order valence-corrected chi connectivity index (χ1v) is 8.40. The molecule has 132 valence electrons. The van der Waals surface area contributed by atoms with Crippen LogP contribution in [0.2, 0.25) is 0 Å². The number of hydrogen-bond donors (Lipinski definition) is 1. The van der Waals surface area contributed by atoms with Gasteiger partial charge in [-0.1, -0.05) is 12.8 Å². The lowest BCUT2D eigenvalue weighted by molar-refractivity contribution is -0.134. The van der Waals surface area contributed by atoms with Gasteiger partial charge in [-0.05, 0) is 37.1 Å². The van der Waals surface area contributed by atoms with Gasteiger partial charge >= 0.3 is 0 Å². The van der Waals surface area contributed by atoms with E-state index in [2.05, 4.69) is 5.32 Å². The Morgan fingerprint density at radius 2 is 1.79 bits per heavy atom. The molecule has 1 aliphatic carbocycles. The number of ether oxygens (including phenoxy) is 2. The second-order valence-corrected chi connectivity index (χ2v) is 6.01. The van der Waals surface area contributed by atoms with E-state index in [1.807, 2.05) is 24.3 Å². The van der Waals surface area contributed by atoms with Crippen molar-refractivity contribution in [2.24, 2.45) is 0 Å². The van der Waals surface area contributed by atoms with Gasteiger partial charge in [0.2, 0.25) is 11.8 Å². The molecule has 1 N–H and O–H groups in total. The number of benzene rings is 1. The Hall–Kier alpha value is -2.24. The first kappa shape index (κ1) is 18.1. The van der Waals surface area contributed by atoms with Gasteiger partial charge in [-0.15, -0.1) is 0 Å². The molecular formula is C18H26N2O4. The van der Waals surface area contributed by atoms with Crippen LogP contribution in [-0.2, 0) is 9.59 Å². The van der Waals surface area contributed by atoms with Gasteiger partial charge in [-0.2, -0.15) is 0 Å². The third kappa shape index (κ3) is 5.76. The Morgan fingerprint density at radius 1 is 1.17 bits per heavy atom. The van der Waals surface area contributed by atoms with Crippen LogP contribution in [-0.4, -0.2) is 49.6 Å². The molecule has 6 heteroatoms. The lowest BCUT2D eigenvalue weighted by atomic mass is 10.2. The number of carbonyl (C=O) groups excluding carboxylic acids is 2. The summed E-state index contributed by atoms with van der Waals surface area (Å²) < 4.78 is 10.7. The van der Waals surface area contributed by atoms with E-state index in [9.17, 15) is 9.59 Å². The molecule has 1 fully saturated rings. The highest BCUT2D eigenvalue weighted by atomic mass is 16.5. The molecule has 0 heterocycles. The van der Waals surface area contributed by atoms with Crippen LogP contribution in [0.3, 0.4) is 0 Å². The van der Waals surface area contributed by atoms with Crippen molar-refractivity contribution in [1.82, 2.24) is 10.2 Å². The van der Waals surface area contributed by atoms with Gasteiger partial charge < -0.3 is 19.7 Å². The van der Waals surface area contributed by atoms with Crippen molar-refractivity contribution in [3.63, 3.8) is 0 Å². The average molecular weight is 334 g/mol. The third-order valence-electron chi connectivity index (χ3n) is 4.19. The Bertz CT molecular complexity index is 538. The molecule has 2 amide bonds. The third-order valence-corrected chi connectivity index (χ3v) is 4.19. The molecule has 0 aliphatic heterocycles. The second kappa shape index (κ2) is 9.15. The smallest absolute Gasteiger partial charge is 0.239 e. The van der Waals surface area contributed by atoms with E-state index >= 15 is 0 Å². The van der Waals surface area contributed by atoms with Gasteiger partial charge in [-0.25, -0.2) is 0 Å². The molecule has 0 atom stereocenters. The molecule has 0 spiro atoms. The summed E-state index contributed by atoms with van der Waals surface area (Å²) in [5, 5.41) is 3.00. The zero-order chi connectivity index (χ0) is 17.4. The predicted molar refractivity (Wildman–Crippen MR) is 91.1 cm³/mol. The topological polar surface area (TPSA) is 67.9 Å². The standard InChI is InChI=1S/C18H26N2O4/c1-14(21)20(13-18(22)19-15-5-3-4-6-15)11-12-24-17-9-7-16(23-2)8-10-17/h7-10,15H,3-6,11-13H2,1-2H3,(H,19,22). The highest BCUT2D eigenvalue weighted by Crippen LogP contribution is 2.18. The fraction of sp³-hybridized carbons (Fsp3) is 0.556. The summed E-state index contributed by atoms with van der Waals surface area (Å²) in [5.41, 5.74) is 0. The molecule has 0 bridgehead atoms. The molecule has 0 saturated heterocycles. The number of methoxy groups -OCH3 is 1. The van der Waals surface area contributed by atoms with Crippen molar-refractivity contribution in [3.05, 3.63) is 24.3 Å². The number of nitrogens with zero attached hydrogens (tertiary/aromatic N) is 1. The summed E-state index contributed by atoms with van der Waals surface area (Å²) in [6, 6.07) is 7.51. The van der Waals surface area contributed by atoms with Gasteiger partial charge in [0.05, 0.1) is 20.2 Å². The van der Waals surface area contributed by atoms with Crippen molar-refractivity contribution in [2.75, 3.05) is 26.8 Å². The summed E-state index contributed by atoms with van der Waals surface area (Å²) in [6.45, 7) is 2.26. The van der Waals surface area contributed by atoms with Crippen molar-refractivity contribution in [3.8, 4) is 11.5 Å². The number of amides is 2. The quantitative estimate of drug-likeness (QED) is 0.789. The Morgan fingerprint density at radius 3 is 2.38 bits per heavy atom. The number of nitrogens with one attached hydrogen (secondary N) is 1. The maximum atomic E-state index is 12.1. The normalized spacial score (nSPS) is 14.2. The van der Waals surface area contributed by atoms with E-state index < -0.39 is 0 Å². The molecule has 2 rings (SSSR count). The first-order valence-electron chi connectivity index (χ1n) is 8.40. The number of rotatable bonds is 8. The zero-order valence-corrected chi connectivity index (χ0v) is 14.4. The largest absolute Gasteiger partial charge is 0.497 e. The summed E-state index contributed by atoms with van der Waals surface area (Å²) >= 11 is 0.